The van der Waals surface area contributed by atoms with Crippen LogP contribution in [0.2, 0.25) is 0 Å². The number of amides is 1. The van der Waals surface area contributed by atoms with Gasteiger partial charge >= 0.3 is 0 Å². The Morgan fingerprint density at radius 2 is 2.00 bits per heavy atom. The Hall–Kier alpha value is -2.79. The van der Waals surface area contributed by atoms with Gasteiger partial charge in [0.1, 0.15) is 5.69 Å². The molecule has 3 aromatic rings. The summed E-state index contributed by atoms with van der Waals surface area (Å²) in [6.45, 7) is 4.20. The van der Waals surface area contributed by atoms with Crippen LogP contribution < -0.4 is 5.32 Å². The first-order valence-electron chi connectivity index (χ1n) is 9.88. The highest BCUT2D eigenvalue weighted by atomic mass is 16.5. The Bertz CT molecular complexity index is 952. The summed E-state index contributed by atoms with van der Waals surface area (Å²) in [4.78, 5) is 21.7. The maximum absolute atomic E-state index is 12.8. The van der Waals surface area contributed by atoms with E-state index < -0.39 is 0 Å². The second kappa shape index (κ2) is 8.48. The van der Waals surface area contributed by atoms with Gasteiger partial charge in [-0.25, -0.2) is 4.98 Å². The summed E-state index contributed by atoms with van der Waals surface area (Å²) in [7, 11) is 0. The van der Waals surface area contributed by atoms with E-state index in [4.69, 9.17) is 4.74 Å². The van der Waals surface area contributed by atoms with E-state index in [2.05, 4.69) is 34.3 Å². The standard InChI is InChI=1S/C23H25N3O2/c1-16(17-5-3-2-4-6-17)14-25-23(27)22-13-19(18-8-11-28-12-9-18)20-15-24-10-7-21(20)26-22/h2-7,10,13,15-16,18H,8-9,11-12,14H2,1H3,(H,25,27)/t16-/m0/s1. The lowest BCUT2D eigenvalue weighted by Crippen LogP contribution is -2.28. The Morgan fingerprint density at radius 3 is 2.79 bits per heavy atom. The Kier molecular flexibility index (Phi) is 5.63. The molecule has 144 valence electrons. The van der Waals surface area contributed by atoms with Gasteiger partial charge < -0.3 is 10.1 Å². The van der Waals surface area contributed by atoms with Crippen LogP contribution in [0.25, 0.3) is 10.9 Å². The summed E-state index contributed by atoms with van der Waals surface area (Å²) in [5, 5.41) is 4.08. The summed E-state index contributed by atoms with van der Waals surface area (Å²) in [5.41, 5.74) is 3.66. The fourth-order valence-corrected chi connectivity index (χ4v) is 3.79. The summed E-state index contributed by atoms with van der Waals surface area (Å²) in [6.07, 6.45) is 5.49. The van der Waals surface area contributed by atoms with E-state index in [9.17, 15) is 4.79 Å². The lowest BCUT2D eigenvalue weighted by molar-refractivity contribution is 0.0855. The predicted octanol–water partition coefficient (Wildman–Crippen LogP) is 4.06. The maximum atomic E-state index is 12.8. The zero-order valence-corrected chi connectivity index (χ0v) is 16.1. The van der Waals surface area contributed by atoms with E-state index in [0.29, 0.717) is 18.2 Å². The number of pyridine rings is 2. The number of nitrogens with zero attached hydrogens (tertiary/aromatic N) is 2. The molecule has 1 atom stereocenters. The smallest absolute Gasteiger partial charge is 0.269 e. The van der Waals surface area contributed by atoms with E-state index >= 15 is 0 Å². The number of benzene rings is 1. The molecule has 1 aliphatic rings. The number of carbonyl (C=O) groups excluding carboxylic acids is 1. The van der Waals surface area contributed by atoms with E-state index in [-0.39, 0.29) is 11.8 Å². The lowest BCUT2D eigenvalue weighted by Gasteiger charge is -2.24. The van der Waals surface area contributed by atoms with E-state index in [1.54, 1.807) is 6.20 Å². The number of nitrogens with one attached hydrogen (secondary N) is 1. The molecule has 1 saturated heterocycles. The molecule has 1 N–H and O–H groups in total. The molecule has 3 heterocycles. The van der Waals surface area contributed by atoms with Crippen molar-refractivity contribution in [1.82, 2.24) is 15.3 Å². The van der Waals surface area contributed by atoms with Gasteiger partial charge in [-0.1, -0.05) is 37.3 Å². The number of fused-ring (bicyclic) bond motifs is 1. The zero-order chi connectivity index (χ0) is 19.3. The minimum Gasteiger partial charge on any atom is -0.381 e. The molecule has 1 aliphatic heterocycles. The largest absolute Gasteiger partial charge is 0.381 e. The topological polar surface area (TPSA) is 64.1 Å². The van der Waals surface area contributed by atoms with Gasteiger partial charge in [0.15, 0.2) is 0 Å². The molecule has 0 aliphatic carbocycles. The number of hydrogen-bond acceptors (Lipinski definition) is 4. The SMILES string of the molecule is C[C@@H](CNC(=O)c1cc(C2CCOCC2)c2cnccc2n1)c1ccccc1. The van der Waals surface area contributed by atoms with E-state index in [0.717, 1.165) is 42.5 Å². The van der Waals surface area contributed by atoms with Gasteiger partial charge in [0.05, 0.1) is 5.52 Å². The number of ether oxygens (including phenoxy) is 1. The third-order valence-electron chi connectivity index (χ3n) is 5.47. The van der Waals surface area contributed by atoms with E-state index in [1.807, 2.05) is 36.5 Å². The van der Waals surface area contributed by atoms with Crippen molar-refractivity contribution >= 4 is 16.8 Å². The van der Waals surface area contributed by atoms with Crippen molar-refractivity contribution in [2.75, 3.05) is 19.8 Å². The second-order valence-electron chi connectivity index (χ2n) is 7.40. The molecule has 0 unspecified atom stereocenters. The Labute approximate surface area is 165 Å². The van der Waals surface area contributed by atoms with Crippen LogP contribution in [0.1, 0.15) is 53.2 Å². The van der Waals surface area contributed by atoms with Gasteiger partial charge in [-0.05, 0) is 47.9 Å². The molecular formula is C23H25N3O2. The number of rotatable bonds is 5. The molecule has 1 aromatic carbocycles. The van der Waals surface area contributed by atoms with Crippen LogP contribution in [0.3, 0.4) is 0 Å². The summed E-state index contributed by atoms with van der Waals surface area (Å²) in [5.74, 6) is 0.484. The fraction of sp³-hybridized carbons (Fsp3) is 0.348. The van der Waals surface area contributed by atoms with Crippen molar-refractivity contribution in [3.05, 3.63) is 71.7 Å². The van der Waals surface area contributed by atoms with Crippen LogP contribution in [0.4, 0.5) is 0 Å². The molecule has 1 fully saturated rings. The van der Waals surface area contributed by atoms with Crippen molar-refractivity contribution < 1.29 is 9.53 Å². The lowest BCUT2D eigenvalue weighted by atomic mass is 9.89. The molecule has 0 saturated carbocycles. The van der Waals surface area contributed by atoms with Crippen molar-refractivity contribution in [2.45, 2.75) is 31.6 Å². The number of hydrogen-bond donors (Lipinski definition) is 1. The molecule has 28 heavy (non-hydrogen) atoms. The monoisotopic (exact) mass is 375 g/mol. The van der Waals surface area contributed by atoms with Crippen LogP contribution in [0.15, 0.2) is 54.9 Å². The fourth-order valence-electron chi connectivity index (χ4n) is 3.79. The Balaban J connectivity index is 1.56. The first-order valence-corrected chi connectivity index (χ1v) is 9.88. The quantitative estimate of drug-likeness (QED) is 0.730. The average molecular weight is 375 g/mol. The summed E-state index contributed by atoms with van der Waals surface area (Å²) < 4.78 is 5.51. The Morgan fingerprint density at radius 1 is 1.21 bits per heavy atom. The van der Waals surface area contributed by atoms with Crippen LogP contribution in [-0.2, 0) is 4.74 Å². The highest BCUT2D eigenvalue weighted by Crippen LogP contribution is 2.32. The highest BCUT2D eigenvalue weighted by Gasteiger charge is 2.21. The first-order chi connectivity index (χ1) is 13.7. The van der Waals surface area contributed by atoms with Crippen molar-refractivity contribution in [1.29, 1.82) is 0 Å². The van der Waals surface area contributed by atoms with Gasteiger partial charge in [-0.2, -0.15) is 0 Å². The minimum absolute atomic E-state index is 0.130. The van der Waals surface area contributed by atoms with Gasteiger partial charge in [-0.15, -0.1) is 0 Å². The first kappa shape index (κ1) is 18.6. The number of carbonyl (C=O) groups is 1. The van der Waals surface area contributed by atoms with Gasteiger partial charge in [0.25, 0.3) is 5.91 Å². The van der Waals surface area contributed by atoms with Crippen molar-refractivity contribution in [3.8, 4) is 0 Å². The summed E-state index contributed by atoms with van der Waals surface area (Å²) in [6, 6.07) is 14.0. The van der Waals surface area contributed by atoms with Crippen molar-refractivity contribution in [3.63, 3.8) is 0 Å². The third-order valence-corrected chi connectivity index (χ3v) is 5.47. The minimum atomic E-state index is -0.130. The van der Waals surface area contributed by atoms with Gasteiger partial charge in [0.2, 0.25) is 0 Å². The zero-order valence-electron chi connectivity index (χ0n) is 16.1. The molecular weight excluding hydrogens is 350 g/mol. The molecule has 0 spiro atoms. The van der Waals surface area contributed by atoms with Gasteiger partial charge in [0, 0.05) is 37.5 Å². The molecule has 1 amide bonds. The van der Waals surface area contributed by atoms with E-state index in [1.165, 1.54) is 5.56 Å². The molecule has 2 aromatic heterocycles. The highest BCUT2D eigenvalue weighted by molar-refractivity contribution is 5.96. The van der Waals surface area contributed by atoms with Crippen molar-refractivity contribution in [2.24, 2.45) is 0 Å². The molecule has 4 rings (SSSR count). The van der Waals surface area contributed by atoms with Crippen LogP contribution in [-0.4, -0.2) is 35.6 Å². The molecule has 0 bridgehead atoms. The van der Waals surface area contributed by atoms with Gasteiger partial charge in [-0.3, -0.25) is 9.78 Å². The second-order valence-corrected chi connectivity index (χ2v) is 7.40. The average Bonchev–Trinajstić information content (AvgIpc) is 2.77. The number of aromatic nitrogens is 2. The normalized spacial score (nSPS) is 16.0. The molecule has 5 nitrogen and oxygen atoms in total. The third kappa shape index (κ3) is 4.04. The van der Waals surface area contributed by atoms with Crippen LogP contribution >= 0.6 is 0 Å². The maximum Gasteiger partial charge on any atom is 0.269 e. The summed E-state index contributed by atoms with van der Waals surface area (Å²) >= 11 is 0. The molecule has 0 radical (unpaired) electrons. The predicted molar refractivity (Wildman–Crippen MR) is 110 cm³/mol. The molecule has 5 heteroatoms. The van der Waals surface area contributed by atoms with Crippen LogP contribution in [0.5, 0.6) is 0 Å². The van der Waals surface area contributed by atoms with Crippen LogP contribution in [0, 0.1) is 0 Å².